The molecule has 1 aliphatic heterocycles. The zero-order valence-electron chi connectivity index (χ0n) is 19.9. The minimum absolute atomic E-state index is 0.0613. The maximum absolute atomic E-state index is 11.7. The molecule has 1 fully saturated rings. The van der Waals surface area contributed by atoms with Crippen molar-refractivity contribution in [3.05, 3.63) is 57.6 Å². The first-order chi connectivity index (χ1) is 16.2. The van der Waals surface area contributed by atoms with Crippen molar-refractivity contribution < 1.29 is 19.8 Å². The van der Waals surface area contributed by atoms with Crippen LogP contribution >= 0.6 is 0 Å². The number of nitrogens with zero attached hydrogens (tertiary/aromatic N) is 2. The number of aromatic hydroxyl groups is 2. The minimum atomic E-state index is -0.649. The Kier molecular flexibility index (Phi) is 8.49. The molecule has 2 aromatic rings. The number of hydrogen-bond donors (Lipinski definition) is 5. The standard InChI is InChI=1S/C25H35N5O4/c1-16-10-18(22(31)20(12-16)24(26)33)14-29-6-3-4-28-5-7-30(9-8-29)15-19-11-17(2)13-21(23(19)32)25(27)34/h10-13,28,31-32H,3-9,14-15H2,1-2H3,(H2,26,33)(H2,27,34). The lowest BCUT2D eigenvalue weighted by atomic mass is 10.0. The van der Waals surface area contributed by atoms with Crippen LogP contribution in [0.5, 0.6) is 11.5 Å². The van der Waals surface area contributed by atoms with Gasteiger partial charge in [0.2, 0.25) is 0 Å². The number of benzene rings is 2. The molecule has 1 heterocycles. The molecule has 0 spiro atoms. The van der Waals surface area contributed by atoms with Crippen molar-refractivity contribution in [1.82, 2.24) is 15.1 Å². The lowest BCUT2D eigenvalue weighted by Gasteiger charge is -2.30. The van der Waals surface area contributed by atoms with E-state index in [1.807, 2.05) is 26.0 Å². The Balaban J connectivity index is 1.77. The van der Waals surface area contributed by atoms with E-state index in [1.165, 1.54) is 0 Å². The van der Waals surface area contributed by atoms with Crippen LogP contribution in [-0.4, -0.2) is 71.1 Å². The summed E-state index contributed by atoms with van der Waals surface area (Å²) in [6, 6.07) is 6.96. The Morgan fingerprint density at radius 1 is 0.794 bits per heavy atom. The van der Waals surface area contributed by atoms with Gasteiger partial charge < -0.3 is 27.0 Å². The molecule has 1 saturated heterocycles. The quantitative estimate of drug-likeness (QED) is 0.427. The summed E-state index contributed by atoms with van der Waals surface area (Å²) in [5.74, 6) is -1.42. The van der Waals surface area contributed by atoms with Crippen LogP contribution in [0.2, 0.25) is 0 Å². The van der Waals surface area contributed by atoms with Crippen LogP contribution in [0.25, 0.3) is 0 Å². The lowest BCUT2D eigenvalue weighted by Crippen LogP contribution is -2.41. The fourth-order valence-electron chi connectivity index (χ4n) is 4.42. The first-order valence-corrected chi connectivity index (χ1v) is 11.6. The van der Waals surface area contributed by atoms with Gasteiger partial charge in [0.1, 0.15) is 11.5 Å². The minimum Gasteiger partial charge on any atom is -0.507 e. The fourth-order valence-corrected chi connectivity index (χ4v) is 4.42. The zero-order valence-corrected chi connectivity index (χ0v) is 19.9. The van der Waals surface area contributed by atoms with Gasteiger partial charge >= 0.3 is 0 Å². The number of nitrogens with one attached hydrogen (secondary N) is 1. The first-order valence-electron chi connectivity index (χ1n) is 11.6. The highest BCUT2D eigenvalue weighted by Crippen LogP contribution is 2.27. The third-order valence-electron chi connectivity index (χ3n) is 6.15. The van der Waals surface area contributed by atoms with Gasteiger partial charge in [-0.05, 0) is 56.6 Å². The van der Waals surface area contributed by atoms with Gasteiger partial charge in [0.25, 0.3) is 11.8 Å². The Morgan fingerprint density at radius 2 is 1.26 bits per heavy atom. The van der Waals surface area contributed by atoms with Gasteiger partial charge in [-0.1, -0.05) is 12.1 Å². The van der Waals surface area contributed by atoms with E-state index >= 15 is 0 Å². The summed E-state index contributed by atoms with van der Waals surface area (Å²) in [7, 11) is 0. The lowest BCUT2D eigenvalue weighted by molar-refractivity contribution is 0.0988. The predicted octanol–water partition coefficient (Wildman–Crippen LogP) is 1.21. The number of aryl methyl sites for hydroxylation is 2. The van der Waals surface area contributed by atoms with Crippen LogP contribution in [0.4, 0.5) is 0 Å². The summed E-state index contributed by atoms with van der Waals surface area (Å²) in [6.45, 7) is 9.43. The van der Waals surface area contributed by atoms with Crippen LogP contribution in [0.15, 0.2) is 24.3 Å². The largest absolute Gasteiger partial charge is 0.507 e. The normalized spacial score (nSPS) is 16.3. The number of carbonyl (C=O) groups is 2. The molecule has 34 heavy (non-hydrogen) atoms. The molecule has 184 valence electrons. The molecule has 9 heteroatoms. The van der Waals surface area contributed by atoms with Gasteiger partial charge in [-0.2, -0.15) is 0 Å². The molecule has 0 bridgehead atoms. The van der Waals surface area contributed by atoms with Crippen molar-refractivity contribution in [3.63, 3.8) is 0 Å². The van der Waals surface area contributed by atoms with Crippen molar-refractivity contribution in [2.45, 2.75) is 33.4 Å². The summed E-state index contributed by atoms with van der Waals surface area (Å²) in [5, 5.41) is 24.6. The molecule has 0 aliphatic carbocycles. The summed E-state index contributed by atoms with van der Waals surface area (Å²) in [5.41, 5.74) is 14.2. The van der Waals surface area contributed by atoms with Crippen LogP contribution in [0.1, 0.15) is 49.4 Å². The molecule has 9 nitrogen and oxygen atoms in total. The Bertz CT molecular complexity index is 973. The number of primary amides is 2. The molecular formula is C25H35N5O4. The molecule has 0 radical (unpaired) electrons. The van der Waals surface area contributed by atoms with Gasteiger partial charge in [-0.15, -0.1) is 0 Å². The smallest absolute Gasteiger partial charge is 0.252 e. The molecule has 0 aromatic heterocycles. The fraction of sp³-hybridized carbons (Fsp3) is 0.440. The second kappa shape index (κ2) is 11.3. The molecule has 0 atom stereocenters. The van der Waals surface area contributed by atoms with Crippen LogP contribution in [0.3, 0.4) is 0 Å². The van der Waals surface area contributed by atoms with Crippen molar-refractivity contribution in [2.75, 3.05) is 39.3 Å². The van der Waals surface area contributed by atoms with Crippen LogP contribution < -0.4 is 16.8 Å². The summed E-state index contributed by atoms with van der Waals surface area (Å²) in [4.78, 5) is 27.9. The molecule has 1 aliphatic rings. The Hall–Kier alpha value is -3.14. The average molecular weight is 470 g/mol. The number of amides is 2. The van der Waals surface area contributed by atoms with Gasteiger partial charge in [0, 0.05) is 50.4 Å². The van der Waals surface area contributed by atoms with Crippen LogP contribution in [-0.2, 0) is 13.1 Å². The number of rotatable bonds is 6. The molecule has 0 unspecified atom stereocenters. The van der Waals surface area contributed by atoms with E-state index in [4.69, 9.17) is 11.5 Å². The summed E-state index contributed by atoms with van der Waals surface area (Å²) >= 11 is 0. The Morgan fingerprint density at radius 3 is 1.74 bits per heavy atom. The van der Waals surface area contributed by atoms with Gasteiger partial charge in [0.05, 0.1) is 11.1 Å². The summed E-state index contributed by atoms with van der Waals surface area (Å²) in [6.07, 6.45) is 0.954. The number of nitrogens with two attached hydrogens (primary N) is 2. The molecule has 0 saturated carbocycles. The first kappa shape index (κ1) is 25.5. The number of hydrogen-bond acceptors (Lipinski definition) is 7. The highest BCUT2D eigenvalue weighted by atomic mass is 16.3. The van der Waals surface area contributed by atoms with E-state index in [0.717, 1.165) is 56.8 Å². The molecule has 2 amide bonds. The van der Waals surface area contributed by atoms with E-state index in [2.05, 4.69) is 15.1 Å². The maximum Gasteiger partial charge on any atom is 0.252 e. The molecule has 2 aromatic carbocycles. The second-order valence-electron chi connectivity index (χ2n) is 9.02. The molecule has 7 N–H and O–H groups in total. The topological polar surface area (TPSA) is 145 Å². The van der Waals surface area contributed by atoms with Gasteiger partial charge in [0.15, 0.2) is 0 Å². The van der Waals surface area contributed by atoms with Crippen molar-refractivity contribution >= 4 is 11.8 Å². The zero-order chi connectivity index (χ0) is 24.8. The average Bonchev–Trinajstić information content (AvgIpc) is 2.77. The number of carbonyl (C=O) groups excluding carboxylic acids is 2. The van der Waals surface area contributed by atoms with Gasteiger partial charge in [-0.25, -0.2) is 0 Å². The highest BCUT2D eigenvalue weighted by Gasteiger charge is 2.19. The van der Waals surface area contributed by atoms with Gasteiger partial charge in [-0.3, -0.25) is 19.4 Å². The second-order valence-corrected chi connectivity index (χ2v) is 9.02. The summed E-state index contributed by atoms with van der Waals surface area (Å²) < 4.78 is 0. The van der Waals surface area contributed by atoms with Crippen molar-refractivity contribution in [1.29, 1.82) is 0 Å². The number of phenols is 2. The predicted molar refractivity (Wildman–Crippen MR) is 131 cm³/mol. The van der Waals surface area contributed by atoms with E-state index < -0.39 is 11.8 Å². The van der Waals surface area contributed by atoms with Crippen molar-refractivity contribution in [3.8, 4) is 11.5 Å². The third kappa shape index (κ3) is 6.47. The van der Waals surface area contributed by atoms with E-state index in [9.17, 15) is 19.8 Å². The third-order valence-corrected chi connectivity index (χ3v) is 6.15. The van der Waals surface area contributed by atoms with E-state index in [-0.39, 0.29) is 22.6 Å². The van der Waals surface area contributed by atoms with E-state index in [0.29, 0.717) is 24.2 Å². The molecular weight excluding hydrogens is 434 g/mol. The molecule has 3 rings (SSSR count). The van der Waals surface area contributed by atoms with Crippen molar-refractivity contribution in [2.24, 2.45) is 11.5 Å². The maximum atomic E-state index is 11.7. The van der Waals surface area contributed by atoms with Crippen LogP contribution in [0, 0.1) is 13.8 Å². The monoisotopic (exact) mass is 469 g/mol. The Labute approximate surface area is 200 Å². The van der Waals surface area contributed by atoms with E-state index in [1.54, 1.807) is 12.1 Å². The highest BCUT2D eigenvalue weighted by molar-refractivity contribution is 5.96. The SMILES string of the molecule is Cc1cc(CN2CCCNCCN(Cc3cc(C)cc(C(N)=O)c3O)CC2)c(O)c(C(N)=O)c1.